The third-order valence-electron chi connectivity index (χ3n) is 3.55. The van der Waals surface area contributed by atoms with E-state index in [9.17, 15) is 14.7 Å². The lowest BCUT2D eigenvalue weighted by atomic mass is 10.1. The van der Waals surface area contributed by atoms with Crippen LogP contribution in [0.1, 0.15) is 12.8 Å². The van der Waals surface area contributed by atoms with Gasteiger partial charge in [0.1, 0.15) is 0 Å². The number of fused-ring (bicyclic) bond motifs is 1. The van der Waals surface area contributed by atoms with Gasteiger partial charge in [-0.1, -0.05) is 23.2 Å². The fourth-order valence-electron chi connectivity index (χ4n) is 2.46. The highest BCUT2D eigenvalue weighted by Gasteiger charge is 2.14. The summed E-state index contributed by atoms with van der Waals surface area (Å²) in [5, 5.41) is 10.9. The number of aromatic amines is 1. The zero-order chi connectivity index (χ0) is 17.1. The molecule has 0 aliphatic heterocycles. The van der Waals surface area contributed by atoms with Crippen molar-refractivity contribution in [1.82, 2.24) is 14.5 Å². The van der Waals surface area contributed by atoms with Crippen LogP contribution in [-0.4, -0.2) is 46.3 Å². The van der Waals surface area contributed by atoms with Crippen LogP contribution in [0.15, 0.2) is 21.7 Å². The van der Waals surface area contributed by atoms with Gasteiger partial charge in [0.2, 0.25) is 0 Å². The standard InChI is InChI=1S/C15H19Cl2N3O3/c1-19(2)5-3-4-10(21)8-20-12-7-9(16)6-11(17)13(12)14(22)18-15(20)23/h6-7,10,21H,3-5,8H2,1-2H3,(H,18,22,23). The van der Waals surface area contributed by atoms with Crippen molar-refractivity contribution < 1.29 is 5.11 Å². The summed E-state index contributed by atoms with van der Waals surface area (Å²) in [6.45, 7) is 0.909. The van der Waals surface area contributed by atoms with E-state index in [4.69, 9.17) is 23.2 Å². The molecule has 0 radical (unpaired) electrons. The number of aliphatic hydroxyl groups is 1. The minimum Gasteiger partial charge on any atom is -0.391 e. The topological polar surface area (TPSA) is 78.3 Å². The molecule has 0 amide bonds. The lowest BCUT2D eigenvalue weighted by molar-refractivity contribution is 0.138. The molecular formula is C15H19Cl2N3O3. The van der Waals surface area contributed by atoms with E-state index in [2.05, 4.69) is 4.98 Å². The normalized spacial score (nSPS) is 13.0. The highest BCUT2D eigenvalue weighted by molar-refractivity contribution is 6.38. The minimum atomic E-state index is -0.709. The first-order chi connectivity index (χ1) is 10.8. The van der Waals surface area contributed by atoms with E-state index in [0.29, 0.717) is 17.0 Å². The zero-order valence-electron chi connectivity index (χ0n) is 13.0. The van der Waals surface area contributed by atoms with Crippen LogP contribution >= 0.6 is 23.2 Å². The highest BCUT2D eigenvalue weighted by atomic mass is 35.5. The highest BCUT2D eigenvalue weighted by Crippen LogP contribution is 2.24. The Morgan fingerprint density at radius 2 is 2.00 bits per heavy atom. The number of H-pyrrole nitrogens is 1. The summed E-state index contributed by atoms with van der Waals surface area (Å²) >= 11 is 12.0. The van der Waals surface area contributed by atoms with Crippen molar-refractivity contribution in [3.8, 4) is 0 Å². The summed E-state index contributed by atoms with van der Waals surface area (Å²) in [5.74, 6) is 0. The molecule has 6 nitrogen and oxygen atoms in total. The summed E-state index contributed by atoms with van der Waals surface area (Å²) in [6.07, 6.45) is 0.630. The molecule has 8 heteroatoms. The molecule has 1 aromatic carbocycles. The van der Waals surface area contributed by atoms with E-state index >= 15 is 0 Å². The predicted octanol–water partition coefficient (Wildman–Crippen LogP) is 1.70. The van der Waals surface area contributed by atoms with E-state index in [0.717, 1.165) is 13.0 Å². The van der Waals surface area contributed by atoms with Crippen LogP contribution in [0.2, 0.25) is 10.0 Å². The smallest absolute Gasteiger partial charge is 0.328 e. The minimum absolute atomic E-state index is 0.0657. The predicted molar refractivity (Wildman–Crippen MR) is 92.6 cm³/mol. The number of nitrogens with zero attached hydrogens (tertiary/aromatic N) is 2. The number of rotatable bonds is 6. The number of nitrogens with one attached hydrogen (secondary N) is 1. The van der Waals surface area contributed by atoms with Crippen molar-refractivity contribution in [2.45, 2.75) is 25.5 Å². The first-order valence-corrected chi connectivity index (χ1v) is 8.00. The third kappa shape index (κ3) is 4.35. The van der Waals surface area contributed by atoms with Crippen LogP contribution in [0.25, 0.3) is 10.9 Å². The lowest BCUT2D eigenvalue weighted by Gasteiger charge is -2.16. The summed E-state index contributed by atoms with van der Waals surface area (Å²) in [4.78, 5) is 28.3. The molecule has 0 saturated carbocycles. The largest absolute Gasteiger partial charge is 0.391 e. The Hall–Kier alpha value is -1.34. The van der Waals surface area contributed by atoms with Crippen LogP contribution < -0.4 is 11.2 Å². The molecule has 0 fully saturated rings. The summed E-state index contributed by atoms with van der Waals surface area (Å²) in [7, 11) is 3.91. The fraction of sp³-hybridized carbons (Fsp3) is 0.467. The average molecular weight is 360 g/mol. The average Bonchev–Trinajstić information content (AvgIpc) is 2.41. The molecular weight excluding hydrogens is 341 g/mol. The Labute approximate surface area is 143 Å². The maximum atomic E-state index is 12.1. The van der Waals surface area contributed by atoms with Gasteiger partial charge in [-0.25, -0.2) is 4.79 Å². The molecule has 1 atom stereocenters. The van der Waals surface area contributed by atoms with Crippen molar-refractivity contribution >= 4 is 34.1 Å². The second kappa shape index (κ2) is 7.49. The molecule has 0 aliphatic rings. The Morgan fingerprint density at radius 3 is 2.65 bits per heavy atom. The molecule has 2 aromatic rings. The SMILES string of the molecule is CN(C)CCCC(O)Cn1c(=O)[nH]c(=O)c2c(Cl)cc(Cl)cc21. The zero-order valence-corrected chi connectivity index (χ0v) is 14.5. The van der Waals surface area contributed by atoms with E-state index < -0.39 is 17.4 Å². The molecule has 0 spiro atoms. The van der Waals surface area contributed by atoms with Crippen molar-refractivity contribution in [2.75, 3.05) is 20.6 Å². The molecule has 2 N–H and O–H groups in total. The Balaban J connectivity index is 2.37. The molecule has 1 aromatic heterocycles. The third-order valence-corrected chi connectivity index (χ3v) is 4.07. The van der Waals surface area contributed by atoms with Gasteiger partial charge in [0.05, 0.1) is 28.6 Å². The maximum absolute atomic E-state index is 12.1. The molecule has 0 bridgehead atoms. The first-order valence-electron chi connectivity index (χ1n) is 7.24. The first kappa shape index (κ1) is 18.0. The Morgan fingerprint density at radius 1 is 1.30 bits per heavy atom. The fourth-order valence-corrected chi connectivity index (χ4v) is 3.03. The van der Waals surface area contributed by atoms with E-state index in [1.807, 2.05) is 19.0 Å². The van der Waals surface area contributed by atoms with Crippen LogP contribution in [0.4, 0.5) is 0 Å². The van der Waals surface area contributed by atoms with E-state index in [1.165, 1.54) is 16.7 Å². The number of benzene rings is 1. The van der Waals surface area contributed by atoms with Crippen molar-refractivity contribution in [2.24, 2.45) is 0 Å². The summed E-state index contributed by atoms with van der Waals surface area (Å²) in [5.41, 5.74) is -0.833. The van der Waals surface area contributed by atoms with Gasteiger partial charge in [-0.2, -0.15) is 0 Å². The van der Waals surface area contributed by atoms with Gasteiger partial charge in [-0.3, -0.25) is 14.3 Å². The van der Waals surface area contributed by atoms with Gasteiger partial charge in [0.15, 0.2) is 0 Å². The van der Waals surface area contributed by atoms with Crippen molar-refractivity contribution in [3.63, 3.8) is 0 Å². The molecule has 2 rings (SSSR count). The number of hydrogen-bond acceptors (Lipinski definition) is 4. The maximum Gasteiger partial charge on any atom is 0.328 e. The molecule has 126 valence electrons. The van der Waals surface area contributed by atoms with Crippen LogP contribution in [-0.2, 0) is 6.54 Å². The van der Waals surface area contributed by atoms with Gasteiger partial charge >= 0.3 is 5.69 Å². The number of hydrogen-bond donors (Lipinski definition) is 2. The molecule has 1 unspecified atom stereocenters. The Bertz CT molecular complexity index is 814. The quantitative estimate of drug-likeness (QED) is 0.822. The summed E-state index contributed by atoms with van der Waals surface area (Å²) in [6, 6.07) is 2.95. The molecule has 1 heterocycles. The second-order valence-corrected chi connectivity index (χ2v) is 6.59. The van der Waals surface area contributed by atoms with E-state index in [1.54, 1.807) is 0 Å². The van der Waals surface area contributed by atoms with Crippen LogP contribution in [0.5, 0.6) is 0 Å². The van der Waals surface area contributed by atoms with Gasteiger partial charge in [-0.15, -0.1) is 0 Å². The lowest BCUT2D eigenvalue weighted by Crippen LogP contribution is -2.34. The monoisotopic (exact) mass is 359 g/mol. The second-order valence-electron chi connectivity index (χ2n) is 5.75. The number of aliphatic hydroxyl groups excluding tert-OH is 1. The van der Waals surface area contributed by atoms with Gasteiger partial charge in [0.25, 0.3) is 5.56 Å². The van der Waals surface area contributed by atoms with Gasteiger partial charge in [-0.05, 0) is 45.6 Å². The van der Waals surface area contributed by atoms with Gasteiger partial charge in [0, 0.05) is 5.02 Å². The molecule has 0 aliphatic carbocycles. The number of aromatic nitrogens is 2. The van der Waals surface area contributed by atoms with Crippen LogP contribution in [0.3, 0.4) is 0 Å². The Kier molecular flexibility index (Phi) is 5.86. The van der Waals surface area contributed by atoms with Crippen LogP contribution in [0, 0.1) is 0 Å². The summed E-state index contributed by atoms with van der Waals surface area (Å²) < 4.78 is 1.30. The molecule has 23 heavy (non-hydrogen) atoms. The van der Waals surface area contributed by atoms with E-state index in [-0.39, 0.29) is 17.0 Å². The van der Waals surface area contributed by atoms with Gasteiger partial charge < -0.3 is 10.0 Å². The molecule has 0 saturated heterocycles. The van der Waals surface area contributed by atoms with Crippen molar-refractivity contribution in [1.29, 1.82) is 0 Å². The van der Waals surface area contributed by atoms with Crippen molar-refractivity contribution in [3.05, 3.63) is 43.0 Å². The number of halogens is 2.